The Balaban J connectivity index is 2.44. The lowest BCUT2D eigenvalue weighted by Crippen LogP contribution is -2.28. The Morgan fingerprint density at radius 3 is 2.71 bits per heavy atom. The molecule has 0 fully saturated rings. The van der Waals surface area contributed by atoms with Crippen molar-refractivity contribution in [1.82, 2.24) is 5.32 Å². The van der Waals surface area contributed by atoms with Gasteiger partial charge in [0, 0.05) is 31.3 Å². The van der Waals surface area contributed by atoms with E-state index in [1.54, 1.807) is 7.11 Å². The zero-order valence-corrected chi connectivity index (χ0v) is 14.8. The molecule has 1 aromatic carbocycles. The molecule has 1 N–H and O–H groups in total. The molecule has 0 radical (unpaired) electrons. The standard InChI is InChI=1S/C17H28BrNO2/c1-3-10-21-11-8-15(14-19-9-12-20-2)13-16-6-4-5-7-17(16)18/h4-7,15,19H,3,8-14H2,1-2H3. The summed E-state index contributed by atoms with van der Waals surface area (Å²) in [7, 11) is 1.73. The number of hydrogen-bond donors (Lipinski definition) is 1. The summed E-state index contributed by atoms with van der Waals surface area (Å²) < 4.78 is 11.9. The minimum absolute atomic E-state index is 0.581. The Bertz CT molecular complexity index is 362. The van der Waals surface area contributed by atoms with E-state index in [0.717, 1.165) is 52.2 Å². The first kappa shape index (κ1) is 18.6. The topological polar surface area (TPSA) is 30.5 Å². The van der Waals surface area contributed by atoms with Crippen LogP contribution in [0.25, 0.3) is 0 Å². The number of methoxy groups -OCH3 is 1. The third-order valence-electron chi connectivity index (χ3n) is 3.40. The van der Waals surface area contributed by atoms with Crippen LogP contribution in [0.4, 0.5) is 0 Å². The van der Waals surface area contributed by atoms with Crippen molar-refractivity contribution in [2.24, 2.45) is 5.92 Å². The number of halogens is 1. The summed E-state index contributed by atoms with van der Waals surface area (Å²) in [5.74, 6) is 0.581. The van der Waals surface area contributed by atoms with Crippen LogP contribution in [0.15, 0.2) is 28.7 Å². The molecule has 1 aromatic rings. The van der Waals surface area contributed by atoms with Crippen LogP contribution in [0.5, 0.6) is 0 Å². The third kappa shape index (κ3) is 8.57. The summed E-state index contributed by atoms with van der Waals surface area (Å²) in [5, 5.41) is 3.47. The van der Waals surface area contributed by atoms with Gasteiger partial charge in [0.15, 0.2) is 0 Å². The molecule has 0 aliphatic heterocycles. The van der Waals surface area contributed by atoms with Gasteiger partial charge in [-0.2, -0.15) is 0 Å². The molecule has 0 aliphatic rings. The van der Waals surface area contributed by atoms with Gasteiger partial charge in [0.1, 0.15) is 0 Å². The fourth-order valence-electron chi connectivity index (χ4n) is 2.23. The van der Waals surface area contributed by atoms with E-state index in [9.17, 15) is 0 Å². The number of rotatable bonds is 12. The summed E-state index contributed by atoms with van der Waals surface area (Å²) in [4.78, 5) is 0. The van der Waals surface area contributed by atoms with Gasteiger partial charge < -0.3 is 14.8 Å². The van der Waals surface area contributed by atoms with E-state index in [1.807, 2.05) is 0 Å². The van der Waals surface area contributed by atoms with E-state index in [4.69, 9.17) is 9.47 Å². The van der Waals surface area contributed by atoms with Crippen LogP contribution in [0, 0.1) is 5.92 Å². The molecule has 3 nitrogen and oxygen atoms in total. The average molecular weight is 358 g/mol. The molecule has 0 bridgehead atoms. The zero-order valence-electron chi connectivity index (χ0n) is 13.2. The SMILES string of the molecule is CCCOCCC(CNCCOC)Cc1ccccc1Br. The monoisotopic (exact) mass is 357 g/mol. The molecule has 0 saturated heterocycles. The van der Waals surface area contributed by atoms with E-state index in [0.29, 0.717) is 5.92 Å². The number of hydrogen-bond acceptors (Lipinski definition) is 3. The summed E-state index contributed by atoms with van der Waals surface area (Å²) in [5.41, 5.74) is 1.37. The van der Waals surface area contributed by atoms with Gasteiger partial charge in [-0.05, 0) is 43.4 Å². The summed E-state index contributed by atoms with van der Waals surface area (Å²) >= 11 is 3.64. The lowest BCUT2D eigenvalue weighted by atomic mass is 9.96. The highest BCUT2D eigenvalue weighted by Gasteiger charge is 2.11. The molecular formula is C17H28BrNO2. The molecule has 120 valence electrons. The molecule has 21 heavy (non-hydrogen) atoms. The maximum Gasteiger partial charge on any atom is 0.0587 e. The maximum atomic E-state index is 5.64. The average Bonchev–Trinajstić information content (AvgIpc) is 2.50. The first-order valence-corrected chi connectivity index (χ1v) is 8.58. The van der Waals surface area contributed by atoms with Crippen molar-refractivity contribution in [3.63, 3.8) is 0 Å². The molecular weight excluding hydrogens is 330 g/mol. The lowest BCUT2D eigenvalue weighted by molar-refractivity contribution is 0.119. The molecule has 0 spiro atoms. The molecule has 1 atom stereocenters. The molecule has 1 unspecified atom stereocenters. The smallest absolute Gasteiger partial charge is 0.0587 e. The fraction of sp³-hybridized carbons (Fsp3) is 0.647. The Morgan fingerprint density at radius 1 is 1.19 bits per heavy atom. The summed E-state index contributed by atoms with van der Waals surface area (Å²) in [6.45, 7) is 6.51. The Kier molecular flexibility index (Phi) is 10.8. The normalized spacial score (nSPS) is 12.5. The van der Waals surface area contributed by atoms with Crippen molar-refractivity contribution >= 4 is 15.9 Å². The molecule has 0 aromatic heterocycles. The highest BCUT2D eigenvalue weighted by molar-refractivity contribution is 9.10. The van der Waals surface area contributed by atoms with Crippen molar-refractivity contribution in [2.75, 3.05) is 40.0 Å². The highest BCUT2D eigenvalue weighted by Crippen LogP contribution is 2.20. The molecule has 0 heterocycles. The Morgan fingerprint density at radius 2 is 2.00 bits per heavy atom. The van der Waals surface area contributed by atoms with Gasteiger partial charge >= 0.3 is 0 Å². The van der Waals surface area contributed by atoms with Gasteiger partial charge in [-0.25, -0.2) is 0 Å². The van der Waals surface area contributed by atoms with Crippen molar-refractivity contribution in [1.29, 1.82) is 0 Å². The largest absolute Gasteiger partial charge is 0.383 e. The van der Waals surface area contributed by atoms with Crippen LogP contribution in [-0.2, 0) is 15.9 Å². The van der Waals surface area contributed by atoms with Crippen LogP contribution < -0.4 is 5.32 Å². The second-order valence-corrected chi connectivity index (χ2v) is 6.11. The van der Waals surface area contributed by atoms with E-state index >= 15 is 0 Å². The molecule has 0 saturated carbocycles. The van der Waals surface area contributed by atoms with Gasteiger partial charge in [0.25, 0.3) is 0 Å². The van der Waals surface area contributed by atoms with Gasteiger partial charge in [-0.1, -0.05) is 41.1 Å². The molecule has 0 amide bonds. The van der Waals surface area contributed by atoms with Crippen molar-refractivity contribution in [3.8, 4) is 0 Å². The van der Waals surface area contributed by atoms with Crippen LogP contribution in [0.3, 0.4) is 0 Å². The van der Waals surface area contributed by atoms with Gasteiger partial charge in [0.2, 0.25) is 0 Å². The van der Waals surface area contributed by atoms with Gasteiger partial charge in [0.05, 0.1) is 6.61 Å². The summed E-state index contributed by atoms with van der Waals surface area (Å²) in [6, 6.07) is 8.46. The predicted molar refractivity (Wildman–Crippen MR) is 91.8 cm³/mol. The van der Waals surface area contributed by atoms with Crippen LogP contribution in [0.2, 0.25) is 0 Å². The lowest BCUT2D eigenvalue weighted by Gasteiger charge is -2.18. The molecule has 4 heteroatoms. The minimum atomic E-state index is 0.581. The summed E-state index contributed by atoms with van der Waals surface area (Å²) in [6.07, 6.45) is 3.24. The van der Waals surface area contributed by atoms with Crippen molar-refractivity contribution in [2.45, 2.75) is 26.2 Å². The Labute approximate surface area is 137 Å². The predicted octanol–water partition coefficient (Wildman–Crippen LogP) is 3.66. The number of nitrogens with one attached hydrogen (secondary N) is 1. The Hall–Kier alpha value is -0.420. The van der Waals surface area contributed by atoms with Gasteiger partial charge in [-0.3, -0.25) is 0 Å². The van der Waals surface area contributed by atoms with E-state index in [-0.39, 0.29) is 0 Å². The fourth-order valence-corrected chi connectivity index (χ4v) is 2.67. The van der Waals surface area contributed by atoms with E-state index in [2.05, 4.69) is 52.4 Å². The van der Waals surface area contributed by atoms with Crippen molar-refractivity contribution < 1.29 is 9.47 Å². The molecule has 0 aliphatic carbocycles. The van der Waals surface area contributed by atoms with Crippen LogP contribution in [0.1, 0.15) is 25.3 Å². The van der Waals surface area contributed by atoms with Gasteiger partial charge in [-0.15, -0.1) is 0 Å². The second kappa shape index (κ2) is 12.2. The maximum absolute atomic E-state index is 5.64. The minimum Gasteiger partial charge on any atom is -0.383 e. The number of benzene rings is 1. The first-order chi connectivity index (χ1) is 10.3. The first-order valence-electron chi connectivity index (χ1n) is 7.78. The number of ether oxygens (including phenoxy) is 2. The van der Waals surface area contributed by atoms with Crippen molar-refractivity contribution in [3.05, 3.63) is 34.3 Å². The second-order valence-electron chi connectivity index (χ2n) is 5.26. The quantitative estimate of drug-likeness (QED) is 0.579. The third-order valence-corrected chi connectivity index (χ3v) is 4.17. The van der Waals surface area contributed by atoms with Crippen LogP contribution >= 0.6 is 15.9 Å². The zero-order chi connectivity index (χ0) is 15.3. The van der Waals surface area contributed by atoms with E-state index in [1.165, 1.54) is 10.0 Å². The van der Waals surface area contributed by atoms with Crippen LogP contribution in [-0.4, -0.2) is 40.0 Å². The van der Waals surface area contributed by atoms with E-state index < -0.39 is 0 Å². The highest BCUT2D eigenvalue weighted by atomic mass is 79.9. The molecule has 1 rings (SSSR count).